The van der Waals surface area contributed by atoms with Crippen molar-refractivity contribution in [3.63, 3.8) is 0 Å². The summed E-state index contributed by atoms with van der Waals surface area (Å²) in [5.41, 5.74) is 1.55. The second-order valence-corrected chi connectivity index (χ2v) is 3.90. The Kier molecular flexibility index (Phi) is 5.10. The molecule has 2 N–H and O–H groups in total. The van der Waals surface area contributed by atoms with Crippen LogP contribution >= 0.6 is 0 Å². The molecule has 1 rings (SSSR count). The van der Waals surface area contributed by atoms with Gasteiger partial charge >= 0.3 is 12.0 Å². The lowest BCUT2D eigenvalue weighted by molar-refractivity contribution is -0.137. The fourth-order valence-corrected chi connectivity index (χ4v) is 1.46. The van der Waals surface area contributed by atoms with Crippen molar-refractivity contribution in [1.29, 1.82) is 0 Å². The summed E-state index contributed by atoms with van der Waals surface area (Å²) in [5, 5.41) is 11.3. The SMILES string of the molecule is CCN(CCC(=O)O)C(=O)Nc1cncc(C)c1. The molecule has 6 heteroatoms. The van der Waals surface area contributed by atoms with E-state index >= 15 is 0 Å². The van der Waals surface area contributed by atoms with Crippen molar-refractivity contribution in [3.05, 3.63) is 24.0 Å². The third kappa shape index (κ3) is 4.40. The summed E-state index contributed by atoms with van der Waals surface area (Å²) >= 11 is 0. The van der Waals surface area contributed by atoms with Crippen LogP contribution in [-0.2, 0) is 4.79 Å². The molecule has 0 atom stereocenters. The van der Waals surface area contributed by atoms with Crippen LogP contribution < -0.4 is 5.32 Å². The summed E-state index contributed by atoms with van der Waals surface area (Å²) in [5.74, 6) is -0.918. The van der Waals surface area contributed by atoms with E-state index in [2.05, 4.69) is 10.3 Å². The topological polar surface area (TPSA) is 82.5 Å². The zero-order valence-corrected chi connectivity index (χ0v) is 10.5. The van der Waals surface area contributed by atoms with E-state index in [4.69, 9.17) is 5.11 Å². The Hall–Kier alpha value is -2.11. The number of carboxylic acid groups (broad SMARTS) is 1. The van der Waals surface area contributed by atoms with E-state index in [1.54, 1.807) is 25.4 Å². The van der Waals surface area contributed by atoms with Crippen molar-refractivity contribution in [2.45, 2.75) is 20.3 Å². The summed E-state index contributed by atoms with van der Waals surface area (Å²) in [7, 11) is 0. The highest BCUT2D eigenvalue weighted by atomic mass is 16.4. The average molecular weight is 251 g/mol. The molecular weight excluding hydrogens is 234 g/mol. The fraction of sp³-hybridized carbons (Fsp3) is 0.417. The number of aromatic nitrogens is 1. The van der Waals surface area contributed by atoms with Crippen LogP contribution in [0.1, 0.15) is 18.9 Å². The van der Waals surface area contributed by atoms with E-state index < -0.39 is 5.97 Å². The highest BCUT2D eigenvalue weighted by Gasteiger charge is 2.13. The number of rotatable bonds is 5. The van der Waals surface area contributed by atoms with E-state index in [9.17, 15) is 9.59 Å². The number of hydrogen-bond donors (Lipinski definition) is 2. The molecule has 1 aromatic rings. The molecule has 98 valence electrons. The number of anilines is 1. The van der Waals surface area contributed by atoms with Crippen molar-refractivity contribution in [2.24, 2.45) is 0 Å². The number of urea groups is 1. The molecule has 0 aliphatic rings. The molecule has 0 unspecified atom stereocenters. The van der Waals surface area contributed by atoms with Gasteiger partial charge in [-0.2, -0.15) is 0 Å². The second kappa shape index (κ2) is 6.58. The van der Waals surface area contributed by atoms with Gasteiger partial charge in [-0.05, 0) is 25.5 Å². The van der Waals surface area contributed by atoms with Gasteiger partial charge in [-0.15, -0.1) is 0 Å². The first-order chi connectivity index (χ1) is 8.52. The number of hydrogen-bond acceptors (Lipinski definition) is 3. The quantitative estimate of drug-likeness (QED) is 0.834. The van der Waals surface area contributed by atoms with Gasteiger partial charge in [-0.3, -0.25) is 9.78 Å². The monoisotopic (exact) mass is 251 g/mol. The van der Waals surface area contributed by atoms with Crippen LogP contribution in [-0.4, -0.2) is 40.1 Å². The Morgan fingerprint density at radius 1 is 1.44 bits per heavy atom. The first kappa shape index (κ1) is 14.0. The van der Waals surface area contributed by atoms with Crippen LogP contribution in [0.15, 0.2) is 18.5 Å². The fourth-order valence-electron chi connectivity index (χ4n) is 1.46. The summed E-state index contributed by atoms with van der Waals surface area (Å²) in [4.78, 5) is 27.7. The number of aliphatic carboxylic acids is 1. The standard InChI is InChI=1S/C12H17N3O3/c1-3-15(5-4-11(16)17)12(18)14-10-6-9(2)7-13-8-10/h6-8H,3-5H2,1-2H3,(H,14,18)(H,16,17). The third-order valence-corrected chi connectivity index (χ3v) is 2.39. The molecule has 1 heterocycles. The predicted octanol–water partition coefficient (Wildman–Crippen LogP) is 1.72. The number of aryl methyl sites for hydroxylation is 1. The molecule has 18 heavy (non-hydrogen) atoms. The minimum absolute atomic E-state index is 0.0622. The van der Waals surface area contributed by atoms with Crippen LogP contribution in [0.4, 0.5) is 10.5 Å². The number of carbonyl (C=O) groups is 2. The molecule has 0 aliphatic carbocycles. The molecule has 0 aromatic carbocycles. The molecule has 0 saturated carbocycles. The molecule has 0 spiro atoms. The van der Waals surface area contributed by atoms with E-state index in [0.717, 1.165) is 5.56 Å². The minimum Gasteiger partial charge on any atom is -0.481 e. The zero-order valence-electron chi connectivity index (χ0n) is 10.5. The lowest BCUT2D eigenvalue weighted by atomic mass is 10.3. The van der Waals surface area contributed by atoms with Gasteiger partial charge in [0.05, 0.1) is 18.3 Å². The second-order valence-electron chi connectivity index (χ2n) is 3.90. The smallest absolute Gasteiger partial charge is 0.321 e. The van der Waals surface area contributed by atoms with Gasteiger partial charge in [0.25, 0.3) is 0 Å². The Balaban J connectivity index is 2.59. The van der Waals surface area contributed by atoms with Crippen LogP contribution in [0.2, 0.25) is 0 Å². The largest absolute Gasteiger partial charge is 0.481 e. The molecular formula is C12H17N3O3. The van der Waals surface area contributed by atoms with Crippen molar-refractivity contribution in [1.82, 2.24) is 9.88 Å². The maximum Gasteiger partial charge on any atom is 0.321 e. The van der Waals surface area contributed by atoms with E-state index in [0.29, 0.717) is 12.2 Å². The highest BCUT2D eigenvalue weighted by Crippen LogP contribution is 2.08. The maximum atomic E-state index is 11.9. The van der Waals surface area contributed by atoms with Crippen LogP contribution in [0.25, 0.3) is 0 Å². The van der Waals surface area contributed by atoms with Crippen molar-refractivity contribution in [3.8, 4) is 0 Å². The van der Waals surface area contributed by atoms with E-state index in [1.807, 2.05) is 6.92 Å². The predicted molar refractivity (Wildman–Crippen MR) is 67.5 cm³/mol. The van der Waals surface area contributed by atoms with Gasteiger partial charge in [0.1, 0.15) is 0 Å². The van der Waals surface area contributed by atoms with Crippen LogP contribution in [0, 0.1) is 6.92 Å². The first-order valence-corrected chi connectivity index (χ1v) is 5.72. The Morgan fingerprint density at radius 3 is 2.72 bits per heavy atom. The molecule has 2 amide bonds. The number of carboxylic acids is 1. The number of amides is 2. The first-order valence-electron chi connectivity index (χ1n) is 5.72. The Bertz CT molecular complexity index is 434. The third-order valence-electron chi connectivity index (χ3n) is 2.39. The summed E-state index contributed by atoms with van der Waals surface area (Å²) in [6, 6.07) is 1.49. The average Bonchev–Trinajstić information content (AvgIpc) is 2.29. The normalized spacial score (nSPS) is 9.89. The zero-order chi connectivity index (χ0) is 13.5. The minimum atomic E-state index is -0.918. The molecule has 0 bridgehead atoms. The summed E-state index contributed by atoms with van der Waals surface area (Å²) < 4.78 is 0. The summed E-state index contributed by atoms with van der Waals surface area (Å²) in [6.07, 6.45) is 3.18. The van der Waals surface area contributed by atoms with Gasteiger partial charge in [0.2, 0.25) is 0 Å². The van der Waals surface area contributed by atoms with Crippen molar-refractivity contribution in [2.75, 3.05) is 18.4 Å². The number of nitrogens with one attached hydrogen (secondary N) is 1. The van der Waals surface area contributed by atoms with Gasteiger partial charge in [0, 0.05) is 19.3 Å². The number of nitrogens with zero attached hydrogens (tertiary/aromatic N) is 2. The molecule has 0 fully saturated rings. The number of carbonyl (C=O) groups excluding carboxylic acids is 1. The number of pyridine rings is 1. The molecule has 0 aliphatic heterocycles. The van der Waals surface area contributed by atoms with Crippen molar-refractivity contribution >= 4 is 17.7 Å². The molecule has 0 saturated heterocycles. The van der Waals surface area contributed by atoms with Gasteiger partial charge < -0.3 is 15.3 Å². The molecule has 1 aromatic heterocycles. The molecule has 0 radical (unpaired) electrons. The lowest BCUT2D eigenvalue weighted by Gasteiger charge is -2.20. The van der Waals surface area contributed by atoms with Crippen LogP contribution in [0.5, 0.6) is 0 Å². The van der Waals surface area contributed by atoms with Crippen LogP contribution in [0.3, 0.4) is 0 Å². The van der Waals surface area contributed by atoms with Gasteiger partial charge in [-0.25, -0.2) is 4.79 Å². The maximum absolute atomic E-state index is 11.9. The lowest BCUT2D eigenvalue weighted by Crippen LogP contribution is -2.36. The van der Waals surface area contributed by atoms with Gasteiger partial charge in [-0.1, -0.05) is 0 Å². The van der Waals surface area contributed by atoms with E-state index in [-0.39, 0.29) is 19.0 Å². The van der Waals surface area contributed by atoms with Gasteiger partial charge in [0.15, 0.2) is 0 Å². The highest BCUT2D eigenvalue weighted by molar-refractivity contribution is 5.89. The summed E-state index contributed by atoms with van der Waals surface area (Å²) in [6.45, 7) is 4.33. The Morgan fingerprint density at radius 2 is 2.17 bits per heavy atom. The van der Waals surface area contributed by atoms with E-state index in [1.165, 1.54) is 4.90 Å². The Labute approximate surface area is 106 Å². The van der Waals surface area contributed by atoms with Crippen molar-refractivity contribution < 1.29 is 14.7 Å². The molecule has 6 nitrogen and oxygen atoms in total.